The van der Waals surface area contributed by atoms with Crippen molar-refractivity contribution in [3.63, 3.8) is 0 Å². The van der Waals surface area contributed by atoms with Crippen LogP contribution in [-0.4, -0.2) is 29.3 Å². The van der Waals surface area contributed by atoms with E-state index in [4.69, 9.17) is 0 Å². The Balaban J connectivity index is 1.58. The molecule has 1 aliphatic heterocycles. The lowest BCUT2D eigenvalue weighted by atomic mass is 9.79. The zero-order chi connectivity index (χ0) is 24.3. The summed E-state index contributed by atoms with van der Waals surface area (Å²) < 4.78 is 0. The topological polar surface area (TPSA) is 64.9 Å². The number of fused-ring (bicyclic) bond motifs is 1. The van der Waals surface area contributed by atoms with Crippen LogP contribution in [0.15, 0.2) is 84.0 Å². The van der Waals surface area contributed by atoms with Gasteiger partial charge in [0.2, 0.25) is 0 Å². The monoisotopic (exact) mass is 455 g/mol. The standard InChI is InChI=1S/C29H33N3O2/c1-5-32-26-17-16-22(18-25(26)21(2)19-28(32,3)4)20-30-31-27(33)29(34,23-12-8-6-9-13-23)24-14-10-7-11-15-24/h6-18,20-21,34H,5,19H2,1-4H3,(H,31,33)/b30-20-. The maximum Gasteiger partial charge on any atom is 0.281 e. The van der Waals surface area contributed by atoms with Crippen molar-refractivity contribution >= 4 is 17.8 Å². The fraction of sp³-hybridized carbons (Fsp3) is 0.310. The van der Waals surface area contributed by atoms with E-state index in [-0.39, 0.29) is 5.54 Å². The molecule has 0 fully saturated rings. The normalized spacial score (nSPS) is 17.4. The number of nitrogens with one attached hydrogen (secondary N) is 1. The van der Waals surface area contributed by atoms with Crippen LogP contribution in [0.1, 0.15) is 62.3 Å². The number of hydrazone groups is 1. The molecular weight excluding hydrogens is 422 g/mol. The van der Waals surface area contributed by atoms with Crippen LogP contribution in [0.3, 0.4) is 0 Å². The molecule has 1 unspecified atom stereocenters. The van der Waals surface area contributed by atoms with Crippen molar-refractivity contribution in [2.45, 2.75) is 51.2 Å². The summed E-state index contributed by atoms with van der Waals surface area (Å²) in [6.45, 7) is 9.99. The van der Waals surface area contributed by atoms with Gasteiger partial charge in [-0.1, -0.05) is 73.7 Å². The van der Waals surface area contributed by atoms with Crippen LogP contribution in [0.5, 0.6) is 0 Å². The molecule has 4 rings (SSSR count). The van der Waals surface area contributed by atoms with Crippen molar-refractivity contribution in [3.8, 4) is 0 Å². The first kappa shape index (κ1) is 23.7. The van der Waals surface area contributed by atoms with Crippen LogP contribution < -0.4 is 10.3 Å². The molecule has 1 amide bonds. The van der Waals surface area contributed by atoms with Gasteiger partial charge in [-0.15, -0.1) is 0 Å². The third kappa shape index (κ3) is 4.36. The smallest absolute Gasteiger partial charge is 0.281 e. The van der Waals surface area contributed by atoms with E-state index >= 15 is 0 Å². The Kier molecular flexibility index (Phi) is 6.58. The molecule has 0 saturated heterocycles. The number of rotatable bonds is 6. The van der Waals surface area contributed by atoms with E-state index in [1.165, 1.54) is 11.3 Å². The van der Waals surface area contributed by atoms with E-state index in [1.807, 2.05) is 18.2 Å². The Morgan fingerprint density at radius 1 is 1.09 bits per heavy atom. The van der Waals surface area contributed by atoms with Gasteiger partial charge in [-0.3, -0.25) is 4.79 Å². The molecule has 1 heterocycles. The number of hydrogen-bond acceptors (Lipinski definition) is 4. The highest BCUT2D eigenvalue weighted by Crippen LogP contribution is 2.43. The fourth-order valence-corrected chi connectivity index (χ4v) is 5.22. The first-order chi connectivity index (χ1) is 16.3. The van der Waals surface area contributed by atoms with Crippen molar-refractivity contribution in [2.24, 2.45) is 5.10 Å². The highest BCUT2D eigenvalue weighted by molar-refractivity contribution is 5.91. The largest absolute Gasteiger partial charge is 0.372 e. The van der Waals surface area contributed by atoms with E-state index in [2.05, 4.69) is 55.3 Å². The average Bonchev–Trinajstić information content (AvgIpc) is 2.84. The summed E-state index contributed by atoms with van der Waals surface area (Å²) in [6, 6.07) is 24.2. The maximum atomic E-state index is 13.2. The zero-order valence-corrected chi connectivity index (χ0v) is 20.3. The molecule has 0 aliphatic carbocycles. The van der Waals surface area contributed by atoms with Gasteiger partial charge in [0.25, 0.3) is 5.91 Å². The second-order valence-electron chi connectivity index (χ2n) is 9.62. The third-order valence-electron chi connectivity index (χ3n) is 6.82. The summed E-state index contributed by atoms with van der Waals surface area (Å²) in [5.41, 5.74) is 5.26. The van der Waals surface area contributed by atoms with Gasteiger partial charge in [0.15, 0.2) is 5.60 Å². The van der Waals surface area contributed by atoms with E-state index in [9.17, 15) is 9.90 Å². The molecule has 0 spiro atoms. The second-order valence-corrected chi connectivity index (χ2v) is 9.62. The van der Waals surface area contributed by atoms with E-state index < -0.39 is 11.5 Å². The molecule has 3 aromatic carbocycles. The quantitative estimate of drug-likeness (QED) is 0.397. The summed E-state index contributed by atoms with van der Waals surface area (Å²) in [6.07, 6.45) is 2.71. The van der Waals surface area contributed by atoms with Crippen LogP contribution >= 0.6 is 0 Å². The summed E-state index contributed by atoms with van der Waals surface area (Å²) >= 11 is 0. The van der Waals surface area contributed by atoms with Gasteiger partial charge in [-0.05, 0) is 67.5 Å². The van der Waals surface area contributed by atoms with Crippen LogP contribution in [0.25, 0.3) is 0 Å². The van der Waals surface area contributed by atoms with Gasteiger partial charge in [0.1, 0.15) is 0 Å². The lowest BCUT2D eigenvalue weighted by molar-refractivity contribution is -0.136. The van der Waals surface area contributed by atoms with E-state index in [1.54, 1.807) is 54.7 Å². The molecule has 176 valence electrons. The Hall–Kier alpha value is -3.44. The molecule has 0 saturated carbocycles. The molecule has 5 nitrogen and oxygen atoms in total. The van der Waals surface area contributed by atoms with Gasteiger partial charge in [0, 0.05) is 17.8 Å². The maximum absolute atomic E-state index is 13.2. The number of hydrogen-bond donors (Lipinski definition) is 2. The van der Waals surface area contributed by atoms with Crippen molar-refractivity contribution in [2.75, 3.05) is 11.4 Å². The number of anilines is 1. The highest BCUT2D eigenvalue weighted by Gasteiger charge is 2.40. The Bertz CT molecular complexity index is 1130. The first-order valence-electron chi connectivity index (χ1n) is 11.9. The number of carbonyl (C=O) groups excluding carboxylic acids is 1. The van der Waals surface area contributed by atoms with Crippen LogP contribution in [0.2, 0.25) is 0 Å². The minimum absolute atomic E-state index is 0.115. The predicted octanol–water partition coefficient (Wildman–Crippen LogP) is 5.18. The first-order valence-corrected chi connectivity index (χ1v) is 11.9. The minimum Gasteiger partial charge on any atom is -0.372 e. The van der Waals surface area contributed by atoms with Gasteiger partial charge < -0.3 is 10.0 Å². The third-order valence-corrected chi connectivity index (χ3v) is 6.82. The predicted molar refractivity (Wildman–Crippen MR) is 138 cm³/mol. The van der Waals surface area contributed by atoms with Crippen molar-refractivity contribution in [1.29, 1.82) is 0 Å². The van der Waals surface area contributed by atoms with E-state index in [0.29, 0.717) is 17.0 Å². The number of amides is 1. The molecule has 1 aliphatic rings. The molecular formula is C29H33N3O2. The van der Waals surface area contributed by atoms with Gasteiger partial charge in [-0.25, -0.2) is 5.43 Å². The molecule has 1 atom stereocenters. The van der Waals surface area contributed by atoms with Crippen LogP contribution in [-0.2, 0) is 10.4 Å². The molecule has 3 aromatic rings. The fourth-order valence-electron chi connectivity index (χ4n) is 5.22. The Morgan fingerprint density at radius 2 is 1.68 bits per heavy atom. The van der Waals surface area contributed by atoms with Crippen LogP contribution in [0.4, 0.5) is 5.69 Å². The van der Waals surface area contributed by atoms with Crippen molar-refractivity contribution < 1.29 is 9.90 Å². The number of carbonyl (C=O) groups is 1. The summed E-state index contributed by atoms with van der Waals surface area (Å²) in [5.74, 6) is -0.177. The Labute approximate surface area is 202 Å². The SMILES string of the molecule is CCN1c2ccc(/C=N\NC(=O)C(O)(c3ccccc3)c3ccccc3)cc2C(C)CC1(C)C. The minimum atomic E-state index is -1.85. The van der Waals surface area contributed by atoms with Crippen molar-refractivity contribution in [1.82, 2.24) is 5.43 Å². The summed E-state index contributed by atoms with van der Waals surface area (Å²) in [4.78, 5) is 15.7. The number of benzene rings is 3. The molecule has 0 aromatic heterocycles. The zero-order valence-electron chi connectivity index (χ0n) is 20.3. The van der Waals surface area contributed by atoms with Gasteiger partial charge in [-0.2, -0.15) is 5.10 Å². The number of nitrogens with zero attached hydrogens (tertiary/aromatic N) is 2. The molecule has 2 N–H and O–H groups in total. The van der Waals surface area contributed by atoms with Crippen LogP contribution in [0, 0.1) is 0 Å². The lowest BCUT2D eigenvalue weighted by Crippen LogP contribution is -2.48. The molecule has 34 heavy (non-hydrogen) atoms. The lowest BCUT2D eigenvalue weighted by Gasteiger charge is -2.47. The van der Waals surface area contributed by atoms with Gasteiger partial charge >= 0.3 is 0 Å². The molecule has 5 heteroatoms. The van der Waals surface area contributed by atoms with E-state index in [0.717, 1.165) is 18.5 Å². The van der Waals surface area contributed by atoms with Gasteiger partial charge in [0.05, 0.1) is 6.21 Å². The average molecular weight is 456 g/mol. The molecule has 0 bridgehead atoms. The summed E-state index contributed by atoms with van der Waals surface area (Å²) in [5, 5.41) is 15.7. The Morgan fingerprint density at radius 3 is 2.24 bits per heavy atom. The highest BCUT2D eigenvalue weighted by atomic mass is 16.3. The second kappa shape index (κ2) is 9.43. The summed E-state index contributed by atoms with van der Waals surface area (Å²) in [7, 11) is 0. The molecule has 0 radical (unpaired) electrons. The number of aliphatic hydroxyl groups is 1. The van der Waals surface area contributed by atoms with Crippen molar-refractivity contribution in [3.05, 3.63) is 101 Å².